The highest BCUT2D eigenvalue weighted by atomic mass is 79.9. The number of hydrogen-bond acceptors (Lipinski definition) is 4. The SMILES string of the molecule is COCC(C)NC(=O)c1cccc(S(=O)(=O)Nc2ccc(Br)cc2)c1. The van der Waals surface area contributed by atoms with E-state index in [1.54, 1.807) is 44.4 Å². The molecule has 134 valence electrons. The van der Waals surface area contributed by atoms with Crippen molar-refractivity contribution in [1.82, 2.24) is 5.32 Å². The average molecular weight is 427 g/mol. The highest BCUT2D eigenvalue weighted by Crippen LogP contribution is 2.19. The van der Waals surface area contributed by atoms with Crippen LogP contribution in [0.1, 0.15) is 17.3 Å². The van der Waals surface area contributed by atoms with Gasteiger partial charge in [-0.15, -0.1) is 0 Å². The third-order valence-corrected chi connectivity index (χ3v) is 5.20. The molecule has 2 aromatic rings. The van der Waals surface area contributed by atoms with Gasteiger partial charge in [-0.2, -0.15) is 0 Å². The number of ether oxygens (including phenoxy) is 1. The van der Waals surface area contributed by atoms with Crippen LogP contribution in [0.5, 0.6) is 0 Å². The Hall–Kier alpha value is -1.90. The van der Waals surface area contributed by atoms with Crippen LogP contribution in [0.2, 0.25) is 0 Å². The summed E-state index contributed by atoms with van der Waals surface area (Å²) in [4.78, 5) is 12.2. The molecule has 0 aliphatic heterocycles. The first-order valence-electron chi connectivity index (χ1n) is 7.50. The molecule has 0 aromatic heterocycles. The lowest BCUT2D eigenvalue weighted by Gasteiger charge is -2.13. The van der Waals surface area contributed by atoms with Gasteiger partial charge in [0.05, 0.1) is 11.5 Å². The first-order chi connectivity index (χ1) is 11.8. The van der Waals surface area contributed by atoms with Crippen molar-refractivity contribution < 1.29 is 17.9 Å². The predicted octanol–water partition coefficient (Wildman–Crippen LogP) is 3.01. The number of rotatable bonds is 7. The fourth-order valence-corrected chi connectivity index (χ4v) is 3.50. The molecule has 0 bridgehead atoms. The molecule has 8 heteroatoms. The summed E-state index contributed by atoms with van der Waals surface area (Å²) >= 11 is 3.30. The van der Waals surface area contributed by atoms with Crippen LogP contribution in [0.25, 0.3) is 0 Å². The van der Waals surface area contributed by atoms with Gasteiger partial charge in [0.15, 0.2) is 0 Å². The molecule has 0 spiro atoms. The Balaban J connectivity index is 2.18. The minimum Gasteiger partial charge on any atom is -0.383 e. The van der Waals surface area contributed by atoms with Gasteiger partial charge in [0.1, 0.15) is 0 Å². The lowest BCUT2D eigenvalue weighted by atomic mass is 10.2. The van der Waals surface area contributed by atoms with Crippen molar-refractivity contribution in [3.05, 3.63) is 58.6 Å². The van der Waals surface area contributed by atoms with E-state index in [-0.39, 0.29) is 22.4 Å². The minimum atomic E-state index is -3.79. The highest BCUT2D eigenvalue weighted by Gasteiger charge is 2.17. The molecule has 0 fully saturated rings. The molecule has 25 heavy (non-hydrogen) atoms. The Bertz CT molecular complexity index is 838. The molecule has 0 radical (unpaired) electrons. The lowest BCUT2D eigenvalue weighted by Crippen LogP contribution is -2.35. The fourth-order valence-electron chi connectivity index (χ4n) is 2.14. The molecule has 2 N–H and O–H groups in total. The number of carbonyl (C=O) groups is 1. The van der Waals surface area contributed by atoms with Gasteiger partial charge in [0, 0.05) is 28.9 Å². The molecule has 0 aliphatic rings. The second-order valence-corrected chi connectivity index (χ2v) is 8.07. The molecule has 0 heterocycles. The standard InChI is InChI=1S/C17H19BrN2O4S/c1-12(11-24-2)19-17(21)13-4-3-5-16(10-13)25(22,23)20-15-8-6-14(18)7-9-15/h3-10,12,20H,11H2,1-2H3,(H,19,21). The smallest absolute Gasteiger partial charge is 0.261 e. The quantitative estimate of drug-likeness (QED) is 0.712. The van der Waals surface area contributed by atoms with E-state index >= 15 is 0 Å². The maximum absolute atomic E-state index is 12.5. The Labute approximate surface area is 155 Å². The van der Waals surface area contributed by atoms with Gasteiger partial charge in [-0.1, -0.05) is 22.0 Å². The van der Waals surface area contributed by atoms with E-state index in [0.29, 0.717) is 12.3 Å². The summed E-state index contributed by atoms with van der Waals surface area (Å²) in [6.45, 7) is 2.17. The first-order valence-corrected chi connectivity index (χ1v) is 9.77. The van der Waals surface area contributed by atoms with Crippen molar-refractivity contribution in [2.24, 2.45) is 0 Å². The molecule has 1 amide bonds. The van der Waals surface area contributed by atoms with E-state index in [1.165, 1.54) is 18.2 Å². The monoisotopic (exact) mass is 426 g/mol. The lowest BCUT2D eigenvalue weighted by molar-refractivity contribution is 0.0905. The molecule has 0 aliphatic carbocycles. The van der Waals surface area contributed by atoms with Crippen molar-refractivity contribution in [3.63, 3.8) is 0 Å². The normalized spacial score (nSPS) is 12.4. The van der Waals surface area contributed by atoms with E-state index in [0.717, 1.165) is 4.47 Å². The third-order valence-electron chi connectivity index (χ3n) is 3.30. The van der Waals surface area contributed by atoms with Crippen molar-refractivity contribution in [3.8, 4) is 0 Å². The number of amides is 1. The van der Waals surface area contributed by atoms with Crippen molar-refractivity contribution >= 4 is 37.5 Å². The van der Waals surface area contributed by atoms with Crippen LogP contribution in [0.4, 0.5) is 5.69 Å². The van der Waals surface area contributed by atoms with Crippen molar-refractivity contribution in [2.75, 3.05) is 18.4 Å². The van der Waals surface area contributed by atoms with Gasteiger partial charge in [-0.05, 0) is 49.4 Å². The largest absolute Gasteiger partial charge is 0.383 e. The number of benzene rings is 2. The summed E-state index contributed by atoms with van der Waals surface area (Å²) in [6.07, 6.45) is 0. The molecule has 0 saturated carbocycles. The summed E-state index contributed by atoms with van der Waals surface area (Å²) in [5, 5.41) is 2.75. The maximum atomic E-state index is 12.5. The zero-order valence-electron chi connectivity index (χ0n) is 13.8. The fraction of sp³-hybridized carbons (Fsp3) is 0.235. The molecule has 6 nitrogen and oxygen atoms in total. The van der Waals surface area contributed by atoms with Crippen LogP contribution in [-0.2, 0) is 14.8 Å². The van der Waals surface area contributed by atoms with E-state index in [4.69, 9.17) is 4.74 Å². The topological polar surface area (TPSA) is 84.5 Å². The van der Waals surface area contributed by atoms with Crippen LogP contribution >= 0.6 is 15.9 Å². The average Bonchev–Trinajstić information content (AvgIpc) is 2.57. The number of anilines is 1. The summed E-state index contributed by atoms with van der Waals surface area (Å²) in [7, 11) is -2.25. The molecular weight excluding hydrogens is 408 g/mol. The second kappa shape index (κ2) is 8.46. The van der Waals surface area contributed by atoms with E-state index in [2.05, 4.69) is 26.0 Å². The van der Waals surface area contributed by atoms with Crippen LogP contribution in [0.3, 0.4) is 0 Å². The van der Waals surface area contributed by atoms with Gasteiger partial charge in [0.25, 0.3) is 15.9 Å². The number of halogens is 1. The Morgan fingerprint density at radius 1 is 1.20 bits per heavy atom. The molecule has 0 saturated heterocycles. The van der Waals surface area contributed by atoms with E-state index in [1.807, 2.05) is 0 Å². The van der Waals surface area contributed by atoms with Crippen molar-refractivity contribution in [1.29, 1.82) is 0 Å². The summed E-state index contributed by atoms with van der Waals surface area (Å²) < 4.78 is 33.3. The van der Waals surface area contributed by atoms with Crippen LogP contribution in [0.15, 0.2) is 57.9 Å². The van der Waals surface area contributed by atoms with E-state index in [9.17, 15) is 13.2 Å². The Morgan fingerprint density at radius 2 is 1.88 bits per heavy atom. The number of nitrogens with one attached hydrogen (secondary N) is 2. The van der Waals surface area contributed by atoms with Gasteiger partial charge >= 0.3 is 0 Å². The molecule has 1 atom stereocenters. The van der Waals surface area contributed by atoms with Gasteiger partial charge in [-0.25, -0.2) is 8.42 Å². The van der Waals surface area contributed by atoms with Gasteiger partial charge in [0.2, 0.25) is 0 Å². The highest BCUT2D eigenvalue weighted by molar-refractivity contribution is 9.10. The summed E-state index contributed by atoms with van der Waals surface area (Å²) in [5.41, 5.74) is 0.702. The Morgan fingerprint density at radius 3 is 2.52 bits per heavy atom. The minimum absolute atomic E-state index is 0.0162. The second-order valence-electron chi connectivity index (χ2n) is 5.47. The van der Waals surface area contributed by atoms with Gasteiger partial charge in [-0.3, -0.25) is 9.52 Å². The van der Waals surface area contributed by atoms with Crippen LogP contribution in [0, 0.1) is 0 Å². The van der Waals surface area contributed by atoms with E-state index < -0.39 is 10.0 Å². The molecular formula is C17H19BrN2O4S. The number of sulfonamides is 1. The maximum Gasteiger partial charge on any atom is 0.261 e. The van der Waals surface area contributed by atoms with Crippen LogP contribution in [-0.4, -0.2) is 34.1 Å². The summed E-state index contributed by atoms with van der Waals surface area (Å²) in [5.74, 6) is -0.356. The number of carbonyl (C=O) groups excluding carboxylic acids is 1. The Kier molecular flexibility index (Phi) is 6.57. The summed E-state index contributed by atoms with van der Waals surface area (Å²) in [6, 6.07) is 12.5. The van der Waals surface area contributed by atoms with Crippen LogP contribution < -0.4 is 10.0 Å². The third kappa shape index (κ3) is 5.55. The zero-order valence-corrected chi connectivity index (χ0v) is 16.2. The first kappa shape index (κ1) is 19.4. The zero-order chi connectivity index (χ0) is 18.4. The van der Waals surface area contributed by atoms with Gasteiger partial charge < -0.3 is 10.1 Å². The molecule has 1 unspecified atom stereocenters. The molecule has 2 aromatic carbocycles. The molecule has 2 rings (SSSR count). The van der Waals surface area contributed by atoms with Crippen molar-refractivity contribution in [2.45, 2.75) is 17.9 Å². The number of hydrogen-bond donors (Lipinski definition) is 2. The number of methoxy groups -OCH3 is 1. The predicted molar refractivity (Wildman–Crippen MR) is 100 cm³/mol.